The van der Waals surface area contributed by atoms with Crippen molar-refractivity contribution in [1.29, 1.82) is 0 Å². The zero-order valence-electron chi connectivity index (χ0n) is 11.5. The summed E-state index contributed by atoms with van der Waals surface area (Å²) in [6, 6.07) is 0.142. The van der Waals surface area contributed by atoms with Gasteiger partial charge in [-0.3, -0.25) is 15.0 Å². The van der Waals surface area contributed by atoms with Gasteiger partial charge in [0.05, 0.1) is 12.1 Å². The zero-order chi connectivity index (χ0) is 14.0. The summed E-state index contributed by atoms with van der Waals surface area (Å²) in [5.74, 6) is 0.730. The number of nitrogens with zero attached hydrogens (tertiary/aromatic N) is 3. The molecule has 0 aromatic carbocycles. The Bertz CT molecular complexity index is 448. The Morgan fingerprint density at radius 1 is 1.53 bits per heavy atom. The second kappa shape index (κ2) is 5.26. The van der Waals surface area contributed by atoms with Gasteiger partial charge in [0, 0.05) is 12.5 Å². The molecule has 7 heteroatoms. The highest BCUT2D eigenvalue weighted by atomic mass is 16.4. The van der Waals surface area contributed by atoms with Crippen LogP contribution in [0.4, 0.5) is 6.01 Å². The van der Waals surface area contributed by atoms with Crippen molar-refractivity contribution in [3.63, 3.8) is 0 Å². The molecule has 1 saturated carbocycles. The van der Waals surface area contributed by atoms with Crippen molar-refractivity contribution in [1.82, 2.24) is 15.1 Å². The van der Waals surface area contributed by atoms with E-state index in [4.69, 9.17) is 4.42 Å². The monoisotopic (exact) mass is 268 g/mol. The fraction of sp³-hybridized carbons (Fsp3) is 0.750. The minimum atomic E-state index is -0.835. The van der Waals surface area contributed by atoms with Crippen molar-refractivity contribution in [3.05, 3.63) is 5.89 Å². The van der Waals surface area contributed by atoms with E-state index in [0.29, 0.717) is 18.4 Å². The van der Waals surface area contributed by atoms with Crippen molar-refractivity contribution in [2.45, 2.75) is 38.2 Å². The van der Waals surface area contributed by atoms with Crippen LogP contribution in [0, 0.1) is 0 Å². The fourth-order valence-electron chi connectivity index (χ4n) is 1.90. The standard InChI is InChI=1S/C12H20N4O3/c1-12(2,18)7-16(3)6-9(17)13-11-15-14-10(19-11)8-4-5-8/h8,18H,4-7H2,1-3H3,(H,13,15,17). The van der Waals surface area contributed by atoms with Gasteiger partial charge in [0.1, 0.15) is 0 Å². The molecule has 0 radical (unpaired) electrons. The number of anilines is 1. The number of aliphatic hydroxyl groups is 1. The smallest absolute Gasteiger partial charge is 0.322 e. The van der Waals surface area contributed by atoms with Crippen LogP contribution in [0.5, 0.6) is 0 Å². The van der Waals surface area contributed by atoms with E-state index in [1.165, 1.54) is 0 Å². The highest BCUT2D eigenvalue weighted by Crippen LogP contribution is 2.39. The molecule has 0 aliphatic heterocycles. The predicted molar refractivity (Wildman–Crippen MR) is 68.7 cm³/mol. The molecule has 0 bridgehead atoms. The lowest BCUT2D eigenvalue weighted by molar-refractivity contribution is -0.117. The predicted octanol–water partition coefficient (Wildman–Crippen LogP) is 0.588. The molecule has 1 amide bonds. The molecule has 7 nitrogen and oxygen atoms in total. The molecule has 1 aromatic rings. The van der Waals surface area contributed by atoms with Crippen LogP contribution in [0.2, 0.25) is 0 Å². The number of rotatable bonds is 6. The Balaban J connectivity index is 1.79. The topological polar surface area (TPSA) is 91.5 Å². The summed E-state index contributed by atoms with van der Waals surface area (Å²) >= 11 is 0. The van der Waals surface area contributed by atoms with Crippen molar-refractivity contribution in [2.75, 3.05) is 25.5 Å². The molecule has 106 valence electrons. The van der Waals surface area contributed by atoms with Gasteiger partial charge in [-0.1, -0.05) is 5.10 Å². The summed E-state index contributed by atoms with van der Waals surface area (Å²) in [6.45, 7) is 3.95. The Labute approximate surface area is 112 Å². The van der Waals surface area contributed by atoms with Crippen molar-refractivity contribution >= 4 is 11.9 Å². The molecule has 2 rings (SSSR count). The first kappa shape index (κ1) is 14.0. The molecule has 1 heterocycles. The van der Waals surface area contributed by atoms with Crippen LogP contribution in [0.1, 0.15) is 38.5 Å². The minimum Gasteiger partial charge on any atom is -0.408 e. The number of hydrogen-bond donors (Lipinski definition) is 2. The van der Waals surface area contributed by atoms with E-state index in [0.717, 1.165) is 12.8 Å². The molecule has 1 aliphatic carbocycles. The average molecular weight is 268 g/mol. The summed E-state index contributed by atoms with van der Waals surface area (Å²) in [6.07, 6.45) is 2.15. The largest absolute Gasteiger partial charge is 0.408 e. The lowest BCUT2D eigenvalue weighted by atomic mass is 10.1. The van der Waals surface area contributed by atoms with Gasteiger partial charge in [-0.15, -0.1) is 5.10 Å². The van der Waals surface area contributed by atoms with Crippen LogP contribution in [0.25, 0.3) is 0 Å². The van der Waals surface area contributed by atoms with Crippen molar-refractivity contribution in [3.8, 4) is 0 Å². The van der Waals surface area contributed by atoms with Crippen molar-refractivity contribution < 1.29 is 14.3 Å². The van der Waals surface area contributed by atoms with E-state index < -0.39 is 5.60 Å². The van der Waals surface area contributed by atoms with E-state index in [1.54, 1.807) is 25.8 Å². The van der Waals surface area contributed by atoms with E-state index in [-0.39, 0.29) is 18.5 Å². The summed E-state index contributed by atoms with van der Waals surface area (Å²) in [5, 5.41) is 19.9. The summed E-state index contributed by atoms with van der Waals surface area (Å²) < 4.78 is 5.34. The maximum atomic E-state index is 11.7. The van der Waals surface area contributed by atoms with E-state index >= 15 is 0 Å². The molecule has 1 fully saturated rings. The lowest BCUT2D eigenvalue weighted by Gasteiger charge is -2.24. The summed E-state index contributed by atoms with van der Waals surface area (Å²) in [7, 11) is 1.76. The molecular formula is C12H20N4O3. The van der Waals surface area contributed by atoms with Crippen LogP contribution >= 0.6 is 0 Å². The van der Waals surface area contributed by atoms with Gasteiger partial charge in [-0.2, -0.15) is 0 Å². The Morgan fingerprint density at radius 2 is 2.21 bits per heavy atom. The molecule has 0 atom stereocenters. The number of carbonyl (C=O) groups is 1. The first-order valence-electron chi connectivity index (χ1n) is 6.38. The summed E-state index contributed by atoms with van der Waals surface area (Å²) in [4.78, 5) is 13.5. The number of nitrogens with one attached hydrogen (secondary N) is 1. The number of carbonyl (C=O) groups excluding carboxylic acids is 1. The maximum Gasteiger partial charge on any atom is 0.322 e. The molecule has 19 heavy (non-hydrogen) atoms. The van der Waals surface area contributed by atoms with Gasteiger partial charge in [0.25, 0.3) is 0 Å². The minimum absolute atomic E-state index is 0.142. The third kappa shape index (κ3) is 4.60. The molecule has 1 aromatic heterocycles. The SMILES string of the molecule is CN(CC(=O)Nc1nnc(C2CC2)o1)CC(C)(C)O. The third-order valence-corrected chi connectivity index (χ3v) is 2.68. The van der Waals surface area contributed by atoms with Gasteiger partial charge in [-0.05, 0) is 33.7 Å². The van der Waals surface area contributed by atoms with E-state index in [2.05, 4.69) is 15.5 Å². The molecule has 2 N–H and O–H groups in total. The van der Waals surface area contributed by atoms with Gasteiger partial charge >= 0.3 is 6.01 Å². The zero-order valence-corrected chi connectivity index (χ0v) is 11.5. The highest BCUT2D eigenvalue weighted by molar-refractivity contribution is 5.90. The number of hydrogen-bond acceptors (Lipinski definition) is 6. The first-order chi connectivity index (χ1) is 8.83. The third-order valence-electron chi connectivity index (χ3n) is 2.68. The molecule has 1 aliphatic rings. The van der Waals surface area contributed by atoms with Crippen LogP contribution in [-0.2, 0) is 4.79 Å². The van der Waals surface area contributed by atoms with E-state index in [9.17, 15) is 9.90 Å². The van der Waals surface area contributed by atoms with Crippen molar-refractivity contribution in [2.24, 2.45) is 0 Å². The maximum absolute atomic E-state index is 11.7. The van der Waals surface area contributed by atoms with Crippen LogP contribution in [0.15, 0.2) is 4.42 Å². The lowest BCUT2D eigenvalue weighted by Crippen LogP contribution is -2.40. The average Bonchev–Trinajstić information content (AvgIpc) is 2.97. The molecule has 0 saturated heterocycles. The van der Waals surface area contributed by atoms with Gasteiger partial charge < -0.3 is 9.52 Å². The molecule has 0 unspecified atom stereocenters. The quantitative estimate of drug-likeness (QED) is 0.784. The Kier molecular flexibility index (Phi) is 3.86. The Hall–Kier alpha value is -1.47. The molecular weight excluding hydrogens is 248 g/mol. The van der Waals surface area contributed by atoms with E-state index in [1.807, 2.05) is 0 Å². The summed E-state index contributed by atoms with van der Waals surface area (Å²) in [5.41, 5.74) is -0.835. The number of likely N-dealkylation sites (N-methyl/N-ethyl adjacent to an activating group) is 1. The molecule has 0 spiro atoms. The highest BCUT2D eigenvalue weighted by Gasteiger charge is 2.29. The van der Waals surface area contributed by atoms with Gasteiger partial charge in [-0.25, -0.2) is 0 Å². The fourth-order valence-corrected chi connectivity index (χ4v) is 1.90. The van der Waals surface area contributed by atoms with Gasteiger partial charge in [0.2, 0.25) is 11.8 Å². The second-order valence-electron chi connectivity index (χ2n) is 5.75. The normalized spacial score (nSPS) is 15.8. The Morgan fingerprint density at radius 3 is 2.79 bits per heavy atom. The second-order valence-corrected chi connectivity index (χ2v) is 5.75. The van der Waals surface area contributed by atoms with Gasteiger partial charge in [0.15, 0.2) is 0 Å². The number of aromatic nitrogens is 2. The first-order valence-corrected chi connectivity index (χ1v) is 6.38. The van der Waals surface area contributed by atoms with Crippen LogP contribution in [-0.4, -0.2) is 51.8 Å². The van der Waals surface area contributed by atoms with Crippen LogP contribution in [0.3, 0.4) is 0 Å². The number of amides is 1. The van der Waals surface area contributed by atoms with Crippen LogP contribution < -0.4 is 5.32 Å².